The predicted octanol–water partition coefficient (Wildman–Crippen LogP) is 3.60. The first kappa shape index (κ1) is 17.2. The van der Waals surface area contributed by atoms with E-state index in [0.717, 1.165) is 35.3 Å². The zero-order chi connectivity index (χ0) is 16.9. The second-order valence-corrected chi connectivity index (χ2v) is 8.00. The number of amides is 1. The van der Waals surface area contributed by atoms with Gasteiger partial charge in [-0.05, 0) is 37.3 Å². The maximum atomic E-state index is 12.6. The van der Waals surface area contributed by atoms with Gasteiger partial charge in [0.05, 0.1) is 11.8 Å². The zero-order valence-electron chi connectivity index (χ0n) is 14.0. The Hall–Kier alpha value is -1.60. The quantitative estimate of drug-likeness (QED) is 0.796. The van der Waals surface area contributed by atoms with E-state index in [1.54, 1.807) is 0 Å². The van der Waals surface area contributed by atoms with Crippen molar-refractivity contribution in [3.8, 4) is 0 Å². The van der Waals surface area contributed by atoms with Gasteiger partial charge in [-0.15, -0.1) is 10.2 Å². The van der Waals surface area contributed by atoms with E-state index < -0.39 is 0 Å². The molecule has 5 nitrogen and oxygen atoms in total. The van der Waals surface area contributed by atoms with Crippen molar-refractivity contribution in [3.05, 3.63) is 35.4 Å². The molecule has 0 radical (unpaired) electrons. The topological polar surface area (TPSA) is 58.1 Å². The van der Waals surface area contributed by atoms with Crippen LogP contribution in [0.1, 0.15) is 36.9 Å². The fourth-order valence-corrected chi connectivity index (χ4v) is 4.76. The number of aromatic nitrogens is 2. The predicted molar refractivity (Wildman–Crippen MR) is 99.7 cm³/mol. The Morgan fingerprint density at radius 3 is 3.08 bits per heavy atom. The van der Waals surface area contributed by atoms with Crippen molar-refractivity contribution >= 4 is 34.1 Å². The highest BCUT2D eigenvalue weighted by atomic mass is 32.2. The first-order chi connectivity index (χ1) is 11.7. The van der Waals surface area contributed by atoms with Gasteiger partial charge in [0.1, 0.15) is 0 Å². The summed E-state index contributed by atoms with van der Waals surface area (Å²) in [5, 5.41) is 12.1. The minimum atomic E-state index is 0.141. The minimum Gasteiger partial charge on any atom is -0.360 e. The SMILES string of the molecule is CCNc1nnc(SCC(=O)N(C)[C@H]2CCCc3ccccc32)s1. The lowest BCUT2D eigenvalue weighted by Crippen LogP contribution is -2.34. The summed E-state index contributed by atoms with van der Waals surface area (Å²) in [4.78, 5) is 14.5. The Morgan fingerprint density at radius 1 is 1.42 bits per heavy atom. The van der Waals surface area contributed by atoms with E-state index in [-0.39, 0.29) is 11.9 Å². The first-order valence-electron chi connectivity index (χ1n) is 8.22. The molecule has 1 N–H and O–H groups in total. The molecule has 0 spiro atoms. The molecule has 128 valence electrons. The molecule has 3 rings (SSSR count). The number of anilines is 1. The average Bonchev–Trinajstić information content (AvgIpc) is 3.06. The highest BCUT2D eigenvalue weighted by Gasteiger charge is 2.26. The van der Waals surface area contributed by atoms with Gasteiger partial charge in [0.15, 0.2) is 4.34 Å². The molecule has 1 aromatic heterocycles. The lowest BCUT2D eigenvalue weighted by molar-refractivity contribution is -0.129. The highest BCUT2D eigenvalue weighted by Crippen LogP contribution is 2.34. The number of hydrogen-bond donors (Lipinski definition) is 1. The molecule has 1 aromatic carbocycles. The van der Waals surface area contributed by atoms with Crippen molar-refractivity contribution in [3.63, 3.8) is 0 Å². The number of nitrogens with one attached hydrogen (secondary N) is 1. The van der Waals surface area contributed by atoms with Crippen molar-refractivity contribution in [1.82, 2.24) is 15.1 Å². The number of rotatable bonds is 6. The van der Waals surface area contributed by atoms with E-state index in [0.29, 0.717) is 5.75 Å². The van der Waals surface area contributed by atoms with E-state index >= 15 is 0 Å². The van der Waals surface area contributed by atoms with Crippen LogP contribution >= 0.6 is 23.1 Å². The van der Waals surface area contributed by atoms with Gasteiger partial charge in [-0.2, -0.15) is 0 Å². The molecule has 1 heterocycles. The van der Waals surface area contributed by atoms with Crippen LogP contribution in [0.5, 0.6) is 0 Å². The number of carbonyl (C=O) groups is 1. The average molecular weight is 363 g/mol. The number of thioether (sulfide) groups is 1. The number of fused-ring (bicyclic) bond motifs is 1. The molecule has 1 aliphatic rings. The summed E-state index contributed by atoms with van der Waals surface area (Å²) in [7, 11) is 1.92. The van der Waals surface area contributed by atoms with Gasteiger partial charge in [-0.1, -0.05) is 47.4 Å². The van der Waals surface area contributed by atoms with E-state index in [2.05, 4.69) is 39.8 Å². The summed E-state index contributed by atoms with van der Waals surface area (Å²) >= 11 is 2.96. The van der Waals surface area contributed by atoms with Crippen LogP contribution in [0.15, 0.2) is 28.6 Å². The summed E-state index contributed by atoms with van der Waals surface area (Å²) in [6.45, 7) is 2.84. The molecule has 1 aliphatic carbocycles. The molecule has 24 heavy (non-hydrogen) atoms. The highest BCUT2D eigenvalue weighted by molar-refractivity contribution is 8.01. The number of hydrogen-bond acceptors (Lipinski definition) is 6. The normalized spacial score (nSPS) is 16.5. The molecule has 1 amide bonds. The van der Waals surface area contributed by atoms with Crippen molar-refractivity contribution in [2.75, 3.05) is 24.7 Å². The van der Waals surface area contributed by atoms with Crippen LogP contribution in [0, 0.1) is 0 Å². The molecule has 0 saturated heterocycles. The van der Waals surface area contributed by atoms with E-state index in [4.69, 9.17) is 0 Å². The Bertz CT molecular complexity index is 703. The van der Waals surface area contributed by atoms with Crippen molar-refractivity contribution in [2.24, 2.45) is 0 Å². The lowest BCUT2D eigenvalue weighted by atomic mass is 9.87. The van der Waals surface area contributed by atoms with Gasteiger partial charge in [0, 0.05) is 13.6 Å². The fourth-order valence-electron chi connectivity index (χ4n) is 3.02. The molecule has 0 saturated carbocycles. The van der Waals surface area contributed by atoms with Crippen LogP contribution in [-0.4, -0.2) is 40.3 Å². The van der Waals surface area contributed by atoms with E-state index in [9.17, 15) is 4.79 Å². The number of carbonyl (C=O) groups excluding carboxylic acids is 1. The molecule has 7 heteroatoms. The Balaban J connectivity index is 1.61. The number of nitrogens with zero attached hydrogens (tertiary/aromatic N) is 3. The summed E-state index contributed by atoms with van der Waals surface area (Å²) in [5.41, 5.74) is 2.68. The maximum Gasteiger partial charge on any atom is 0.233 e. The summed E-state index contributed by atoms with van der Waals surface area (Å²) in [5.74, 6) is 0.539. The summed E-state index contributed by atoms with van der Waals surface area (Å²) < 4.78 is 0.830. The van der Waals surface area contributed by atoms with Crippen LogP contribution in [0.2, 0.25) is 0 Å². The molecule has 0 bridgehead atoms. The monoisotopic (exact) mass is 362 g/mol. The number of benzene rings is 1. The molecule has 1 atom stereocenters. The first-order valence-corrected chi connectivity index (χ1v) is 10.0. The lowest BCUT2D eigenvalue weighted by Gasteiger charge is -2.33. The van der Waals surface area contributed by atoms with Crippen molar-refractivity contribution < 1.29 is 4.79 Å². The third kappa shape index (κ3) is 3.89. The van der Waals surface area contributed by atoms with Gasteiger partial charge in [0.25, 0.3) is 0 Å². The summed E-state index contributed by atoms with van der Waals surface area (Å²) in [6.07, 6.45) is 3.28. The molecule has 0 fully saturated rings. The van der Waals surface area contributed by atoms with Gasteiger partial charge in [-0.3, -0.25) is 4.79 Å². The molecule has 0 unspecified atom stereocenters. The number of aryl methyl sites for hydroxylation is 1. The van der Waals surface area contributed by atoms with Crippen molar-refractivity contribution in [2.45, 2.75) is 36.6 Å². The zero-order valence-corrected chi connectivity index (χ0v) is 15.6. The van der Waals surface area contributed by atoms with Crippen LogP contribution in [0.3, 0.4) is 0 Å². The smallest absolute Gasteiger partial charge is 0.233 e. The van der Waals surface area contributed by atoms with Crippen molar-refractivity contribution in [1.29, 1.82) is 0 Å². The third-order valence-electron chi connectivity index (χ3n) is 4.25. The Labute approximate surface area is 150 Å². The van der Waals surface area contributed by atoms with Crippen LogP contribution < -0.4 is 5.32 Å². The van der Waals surface area contributed by atoms with Gasteiger partial charge >= 0.3 is 0 Å². The van der Waals surface area contributed by atoms with Gasteiger partial charge in [-0.25, -0.2) is 0 Å². The van der Waals surface area contributed by atoms with Crippen LogP contribution in [-0.2, 0) is 11.2 Å². The van der Waals surface area contributed by atoms with E-state index in [1.807, 2.05) is 18.9 Å². The van der Waals surface area contributed by atoms with E-state index in [1.165, 1.54) is 34.2 Å². The standard InChI is InChI=1S/C17H22N4OS2/c1-3-18-16-19-20-17(24-16)23-11-15(22)21(2)14-10-6-8-12-7-4-5-9-13(12)14/h4-5,7,9,14H,3,6,8,10-11H2,1-2H3,(H,18,19)/t14-/m0/s1. The second kappa shape index (κ2) is 7.98. The van der Waals surface area contributed by atoms with Crippen LogP contribution in [0.4, 0.5) is 5.13 Å². The third-order valence-corrected chi connectivity index (χ3v) is 6.25. The molecular formula is C17H22N4OS2. The van der Waals surface area contributed by atoms with Gasteiger partial charge < -0.3 is 10.2 Å². The Morgan fingerprint density at radius 2 is 2.25 bits per heavy atom. The largest absolute Gasteiger partial charge is 0.360 e. The minimum absolute atomic E-state index is 0.141. The fraction of sp³-hybridized carbons (Fsp3) is 0.471. The van der Waals surface area contributed by atoms with Gasteiger partial charge in [0.2, 0.25) is 11.0 Å². The Kier molecular flexibility index (Phi) is 5.73. The second-order valence-electron chi connectivity index (χ2n) is 5.80. The van der Waals surface area contributed by atoms with Crippen LogP contribution in [0.25, 0.3) is 0 Å². The maximum absolute atomic E-state index is 12.6. The molecule has 0 aliphatic heterocycles. The summed E-state index contributed by atoms with van der Waals surface area (Å²) in [6, 6.07) is 8.67. The molecule has 2 aromatic rings. The molecular weight excluding hydrogens is 340 g/mol.